The average Bonchev–Trinajstić information content (AvgIpc) is 2.92. The first-order valence-corrected chi connectivity index (χ1v) is 12.6. The lowest BCUT2D eigenvalue weighted by Gasteiger charge is -2.31. The fourth-order valence-corrected chi connectivity index (χ4v) is 6.39. The zero-order chi connectivity index (χ0) is 21.3. The number of thioether (sulfide) groups is 1. The summed E-state index contributed by atoms with van der Waals surface area (Å²) in [6.07, 6.45) is 1.18. The molecule has 1 atom stereocenters. The van der Waals surface area contributed by atoms with Crippen molar-refractivity contribution in [3.63, 3.8) is 0 Å². The Morgan fingerprint density at radius 1 is 1.17 bits per heavy atom. The van der Waals surface area contributed by atoms with E-state index in [4.69, 9.17) is 0 Å². The Hall–Kier alpha value is -2.32. The molecule has 8 heteroatoms. The van der Waals surface area contributed by atoms with Crippen LogP contribution < -0.4 is 5.32 Å². The van der Waals surface area contributed by atoms with E-state index in [9.17, 15) is 18.0 Å². The van der Waals surface area contributed by atoms with Gasteiger partial charge in [0.15, 0.2) is 9.84 Å². The number of amides is 2. The highest BCUT2D eigenvalue weighted by atomic mass is 32.2. The van der Waals surface area contributed by atoms with Gasteiger partial charge in [0.05, 0.1) is 16.3 Å². The Balaban J connectivity index is 1.48. The Morgan fingerprint density at radius 2 is 1.93 bits per heavy atom. The van der Waals surface area contributed by atoms with Crippen LogP contribution in [-0.4, -0.2) is 43.2 Å². The first-order chi connectivity index (χ1) is 14.3. The normalized spacial score (nSPS) is 17.4. The number of benzene rings is 2. The predicted molar refractivity (Wildman–Crippen MR) is 117 cm³/mol. The zero-order valence-corrected chi connectivity index (χ0v) is 18.4. The molecule has 0 saturated carbocycles. The third-order valence-electron chi connectivity index (χ3n) is 5.50. The first kappa shape index (κ1) is 20.9. The van der Waals surface area contributed by atoms with Crippen molar-refractivity contribution in [2.75, 3.05) is 23.4 Å². The molecule has 30 heavy (non-hydrogen) atoms. The van der Waals surface area contributed by atoms with E-state index in [0.717, 1.165) is 16.9 Å². The van der Waals surface area contributed by atoms with E-state index < -0.39 is 15.8 Å². The molecule has 2 heterocycles. The van der Waals surface area contributed by atoms with Gasteiger partial charge in [-0.3, -0.25) is 9.59 Å². The van der Waals surface area contributed by atoms with Crippen molar-refractivity contribution in [3.05, 3.63) is 53.6 Å². The van der Waals surface area contributed by atoms with Gasteiger partial charge < -0.3 is 10.2 Å². The molecular formula is C22H24N2O4S2. The van der Waals surface area contributed by atoms with Crippen LogP contribution in [0.5, 0.6) is 0 Å². The highest BCUT2D eigenvalue weighted by Crippen LogP contribution is 2.33. The van der Waals surface area contributed by atoms with Crippen molar-refractivity contribution in [2.24, 2.45) is 5.92 Å². The summed E-state index contributed by atoms with van der Waals surface area (Å²) in [6.45, 7) is 2.78. The van der Waals surface area contributed by atoms with Crippen molar-refractivity contribution < 1.29 is 18.0 Å². The van der Waals surface area contributed by atoms with Crippen molar-refractivity contribution in [1.82, 2.24) is 4.90 Å². The molecule has 2 amide bonds. The standard InChI is InChI=1S/C22H24N2O4S2/c1-15(22(26)24-10-8-16-4-2-3-5-17(16)13-24)14-30(27,28)18-6-7-20-19(12-18)23-21(25)9-11-29-20/h2-7,12,15H,8-11,13-14H2,1H3,(H,23,25)/t15-/m1/s1. The second-order valence-corrected chi connectivity index (χ2v) is 10.9. The van der Waals surface area contributed by atoms with Crippen LogP contribution in [0.25, 0.3) is 0 Å². The maximum Gasteiger partial charge on any atom is 0.226 e. The molecule has 2 aromatic carbocycles. The van der Waals surface area contributed by atoms with Crippen molar-refractivity contribution in [3.8, 4) is 0 Å². The summed E-state index contributed by atoms with van der Waals surface area (Å²) < 4.78 is 26.0. The van der Waals surface area contributed by atoms with Crippen LogP contribution in [0.3, 0.4) is 0 Å². The maximum atomic E-state index is 13.0. The smallest absolute Gasteiger partial charge is 0.226 e. The minimum Gasteiger partial charge on any atom is -0.338 e. The van der Waals surface area contributed by atoms with Crippen LogP contribution in [0.4, 0.5) is 5.69 Å². The molecule has 2 aromatic rings. The molecular weight excluding hydrogens is 420 g/mol. The molecule has 0 spiro atoms. The van der Waals surface area contributed by atoms with E-state index in [1.54, 1.807) is 24.0 Å². The summed E-state index contributed by atoms with van der Waals surface area (Å²) in [5.41, 5.74) is 2.88. The Kier molecular flexibility index (Phi) is 5.88. The topological polar surface area (TPSA) is 83.5 Å². The van der Waals surface area contributed by atoms with Crippen LogP contribution >= 0.6 is 11.8 Å². The minimum atomic E-state index is -3.67. The van der Waals surface area contributed by atoms with E-state index >= 15 is 0 Å². The molecule has 0 aliphatic carbocycles. The number of rotatable bonds is 4. The molecule has 0 bridgehead atoms. The Bertz CT molecular complexity index is 1100. The van der Waals surface area contributed by atoms with Crippen LogP contribution in [0, 0.1) is 5.92 Å². The molecule has 2 aliphatic heterocycles. The summed E-state index contributed by atoms with van der Waals surface area (Å²) in [6, 6.07) is 12.8. The summed E-state index contributed by atoms with van der Waals surface area (Å²) in [7, 11) is -3.67. The van der Waals surface area contributed by atoms with Gasteiger partial charge in [0, 0.05) is 36.1 Å². The molecule has 1 N–H and O–H groups in total. The fourth-order valence-electron chi connectivity index (χ4n) is 3.88. The summed E-state index contributed by atoms with van der Waals surface area (Å²) in [5.74, 6) is -0.515. The van der Waals surface area contributed by atoms with Crippen LogP contribution in [-0.2, 0) is 32.4 Å². The number of carbonyl (C=O) groups excluding carboxylic acids is 2. The highest BCUT2D eigenvalue weighted by Gasteiger charge is 2.29. The number of sulfone groups is 1. The number of hydrogen-bond donors (Lipinski definition) is 1. The van der Waals surface area contributed by atoms with Gasteiger partial charge in [-0.15, -0.1) is 11.8 Å². The lowest BCUT2D eigenvalue weighted by atomic mass is 9.99. The van der Waals surface area contributed by atoms with Gasteiger partial charge in [-0.05, 0) is 35.7 Å². The minimum absolute atomic E-state index is 0.121. The van der Waals surface area contributed by atoms with Crippen LogP contribution in [0.15, 0.2) is 52.3 Å². The number of hydrogen-bond acceptors (Lipinski definition) is 5. The quantitative estimate of drug-likeness (QED) is 0.783. The summed E-state index contributed by atoms with van der Waals surface area (Å²) in [4.78, 5) is 27.5. The lowest BCUT2D eigenvalue weighted by molar-refractivity contribution is -0.135. The molecule has 2 aliphatic rings. The first-order valence-electron chi connectivity index (χ1n) is 9.98. The van der Waals surface area contributed by atoms with E-state index in [1.807, 2.05) is 18.2 Å². The van der Waals surface area contributed by atoms with Gasteiger partial charge in [0.1, 0.15) is 0 Å². The molecule has 0 fully saturated rings. The van der Waals surface area contributed by atoms with Crippen molar-refractivity contribution in [2.45, 2.75) is 36.1 Å². The molecule has 0 radical (unpaired) electrons. The monoisotopic (exact) mass is 444 g/mol. The third-order valence-corrected chi connectivity index (χ3v) is 8.49. The van der Waals surface area contributed by atoms with E-state index in [2.05, 4.69) is 11.4 Å². The van der Waals surface area contributed by atoms with Crippen LogP contribution in [0.1, 0.15) is 24.5 Å². The van der Waals surface area contributed by atoms with Crippen molar-refractivity contribution >= 4 is 39.1 Å². The van der Waals surface area contributed by atoms with Crippen LogP contribution in [0.2, 0.25) is 0 Å². The second-order valence-electron chi connectivity index (χ2n) is 7.77. The molecule has 158 valence electrons. The van der Waals surface area contributed by atoms with Gasteiger partial charge in [0.2, 0.25) is 11.8 Å². The van der Waals surface area contributed by atoms with E-state index in [-0.39, 0.29) is 22.5 Å². The third kappa shape index (κ3) is 4.39. The number of nitrogens with zero attached hydrogens (tertiary/aromatic N) is 1. The number of fused-ring (bicyclic) bond motifs is 2. The summed E-state index contributed by atoms with van der Waals surface area (Å²) >= 11 is 1.53. The maximum absolute atomic E-state index is 13.0. The highest BCUT2D eigenvalue weighted by molar-refractivity contribution is 7.99. The largest absolute Gasteiger partial charge is 0.338 e. The number of nitrogens with one attached hydrogen (secondary N) is 1. The molecule has 6 nitrogen and oxygen atoms in total. The SMILES string of the molecule is C[C@H](CS(=O)(=O)c1ccc2c(c1)NC(=O)CCS2)C(=O)N1CCc2ccccc2C1. The fraction of sp³-hybridized carbons (Fsp3) is 0.364. The molecule has 4 rings (SSSR count). The predicted octanol–water partition coefficient (Wildman–Crippen LogP) is 3.12. The molecule has 0 unspecified atom stereocenters. The average molecular weight is 445 g/mol. The molecule has 0 saturated heterocycles. The van der Waals surface area contributed by atoms with Gasteiger partial charge >= 0.3 is 0 Å². The van der Waals surface area contributed by atoms with E-state index in [0.29, 0.717) is 31.0 Å². The van der Waals surface area contributed by atoms with Crippen molar-refractivity contribution in [1.29, 1.82) is 0 Å². The number of carbonyl (C=O) groups is 2. The van der Waals surface area contributed by atoms with Gasteiger partial charge in [-0.1, -0.05) is 31.2 Å². The summed E-state index contributed by atoms with van der Waals surface area (Å²) in [5, 5.41) is 2.77. The molecule has 0 aromatic heterocycles. The zero-order valence-electron chi connectivity index (χ0n) is 16.8. The van der Waals surface area contributed by atoms with Gasteiger partial charge in [0.25, 0.3) is 0 Å². The Labute approximate surface area is 181 Å². The number of anilines is 1. The Morgan fingerprint density at radius 3 is 2.73 bits per heavy atom. The van der Waals surface area contributed by atoms with E-state index in [1.165, 1.54) is 23.4 Å². The van der Waals surface area contributed by atoms with Gasteiger partial charge in [-0.2, -0.15) is 0 Å². The lowest BCUT2D eigenvalue weighted by Crippen LogP contribution is -2.40. The second kappa shape index (κ2) is 8.43. The van der Waals surface area contributed by atoms with Gasteiger partial charge in [-0.25, -0.2) is 8.42 Å².